The third-order valence-corrected chi connectivity index (χ3v) is 7.72. The van der Waals surface area contributed by atoms with Crippen molar-refractivity contribution >= 4 is 34.1 Å². The molecule has 52 heavy (non-hydrogen) atoms. The van der Waals surface area contributed by atoms with Crippen LogP contribution in [0.1, 0.15) is 22.3 Å². The second-order valence-electron chi connectivity index (χ2n) is 11.8. The van der Waals surface area contributed by atoms with Crippen LogP contribution in [0.2, 0.25) is 0 Å². The average molecular weight is 681 g/mol. The summed E-state index contributed by atoms with van der Waals surface area (Å²) in [6, 6.07) is 62.6. The first-order valence-electron chi connectivity index (χ1n) is 16.7. The molecule has 0 unspecified atom stereocenters. The lowest BCUT2D eigenvalue weighted by Gasteiger charge is -2.17. The third kappa shape index (κ3) is 11.5. The van der Waals surface area contributed by atoms with Crippen molar-refractivity contribution in [3.63, 3.8) is 0 Å². The molecule has 0 fully saturated rings. The van der Waals surface area contributed by atoms with E-state index in [9.17, 15) is 0 Å². The van der Waals surface area contributed by atoms with E-state index in [4.69, 9.17) is 11.5 Å². The molecule has 0 aromatic heterocycles. The van der Waals surface area contributed by atoms with E-state index in [1.807, 2.05) is 157 Å². The Balaban J connectivity index is 0.000000201. The van der Waals surface area contributed by atoms with Gasteiger partial charge >= 0.3 is 0 Å². The molecule has 0 atom stereocenters. The highest BCUT2D eigenvalue weighted by molar-refractivity contribution is 5.58. The van der Waals surface area contributed by atoms with Gasteiger partial charge in [-0.2, -0.15) is 20.5 Å². The molecule has 0 saturated heterocycles. The first-order valence-corrected chi connectivity index (χ1v) is 16.7. The van der Waals surface area contributed by atoms with Gasteiger partial charge in [-0.05, 0) is 97.8 Å². The number of anilines is 2. The number of hydrogen-bond donors (Lipinski definition) is 2. The SMILES string of the molecule is Cc1ccc(N=Nc2ccc(N(C#CN)Cc3ccccc3)cc2)cc1.Cc1ccc(N=Nc2ccc(N(C#CN)Cc3ccccc3)cc2)cc1. The number of aryl methyl sites for hydroxylation is 2. The van der Waals surface area contributed by atoms with Crippen molar-refractivity contribution in [2.75, 3.05) is 9.80 Å². The van der Waals surface area contributed by atoms with Crippen molar-refractivity contribution < 1.29 is 0 Å². The van der Waals surface area contributed by atoms with E-state index < -0.39 is 0 Å². The number of nitrogens with two attached hydrogens (primary N) is 2. The zero-order chi connectivity index (χ0) is 36.4. The summed E-state index contributed by atoms with van der Waals surface area (Å²) in [7, 11) is 0. The second-order valence-corrected chi connectivity index (χ2v) is 11.8. The van der Waals surface area contributed by atoms with E-state index in [1.54, 1.807) is 0 Å². The van der Waals surface area contributed by atoms with Gasteiger partial charge in [0.15, 0.2) is 0 Å². The lowest BCUT2D eigenvalue weighted by Crippen LogP contribution is -2.16. The molecule has 6 aromatic carbocycles. The largest absolute Gasteiger partial charge is 0.358 e. The maximum Gasteiger partial charge on any atom is 0.0858 e. The summed E-state index contributed by atoms with van der Waals surface area (Å²) in [5.74, 6) is 0. The van der Waals surface area contributed by atoms with Gasteiger partial charge in [-0.15, -0.1) is 0 Å². The minimum atomic E-state index is 0.662. The highest BCUT2D eigenvalue weighted by Gasteiger charge is 2.07. The zero-order valence-electron chi connectivity index (χ0n) is 29.3. The summed E-state index contributed by atoms with van der Waals surface area (Å²) in [5.41, 5.74) is 20.8. The van der Waals surface area contributed by atoms with E-state index in [1.165, 1.54) is 22.3 Å². The van der Waals surface area contributed by atoms with Crippen LogP contribution in [0, 0.1) is 38.0 Å². The van der Waals surface area contributed by atoms with Gasteiger partial charge in [0, 0.05) is 35.6 Å². The van der Waals surface area contributed by atoms with E-state index in [-0.39, 0.29) is 0 Å². The summed E-state index contributed by atoms with van der Waals surface area (Å²) < 4.78 is 0. The molecule has 0 aliphatic heterocycles. The van der Waals surface area contributed by atoms with Crippen LogP contribution in [0.15, 0.2) is 178 Å². The number of benzene rings is 6. The third-order valence-electron chi connectivity index (χ3n) is 7.72. The second kappa shape index (κ2) is 19.1. The Hall–Kier alpha value is -7.16. The van der Waals surface area contributed by atoms with Crippen molar-refractivity contribution in [2.24, 2.45) is 31.9 Å². The quantitative estimate of drug-likeness (QED) is 0.0853. The first-order chi connectivity index (χ1) is 25.5. The molecule has 8 heteroatoms. The number of rotatable bonds is 10. The predicted octanol–water partition coefficient (Wildman–Crippen LogP) is 10.6. The average Bonchev–Trinajstić information content (AvgIpc) is 3.19. The van der Waals surface area contributed by atoms with Crippen LogP contribution < -0.4 is 21.3 Å². The van der Waals surface area contributed by atoms with Crippen LogP contribution in [0.25, 0.3) is 0 Å². The number of hydrogen-bond acceptors (Lipinski definition) is 8. The van der Waals surface area contributed by atoms with Crippen LogP contribution in [0.5, 0.6) is 0 Å². The highest BCUT2D eigenvalue weighted by Crippen LogP contribution is 2.25. The Kier molecular flexibility index (Phi) is 13.3. The number of nitrogens with zero attached hydrogens (tertiary/aromatic N) is 6. The Morgan fingerprint density at radius 2 is 0.692 bits per heavy atom. The topological polar surface area (TPSA) is 108 Å². The molecule has 4 N–H and O–H groups in total. The molecule has 0 heterocycles. The smallest absolute Gasteiger partial charge is 0.0858 e. The summed E-state index contributed by atoms with van der Waals surface area (Å²) in [6.07, 6.45) is 0. The lowest BCUT2D eigenvalue weighted by molar-refractivity contribution is 0.992. The minimum Gasteiger partial charge on any atom is -0.358 e. The maximum atomic E-state index is 5.44. The van der Waals surface area contributed by atoms with Gasteiger partial charge in [-0.25, -0.2) is 0 Å². The van der Waals surface area contributed by atoms with Crippen molar-refractivity contribution in [1.29, 1.82) is 0 Å². The molecule has 6 rings (SSSR count). The molecule has 0 radical (unpaired) electrons. The van der Waals surface area contributed by atoms with Crippen molar-refractivity contribution in [3.8, 4) is 24.2 Å². The van der Waals surface area contributed by atoms with E-state index in [0.717, 1.165) is 34.1 Å². The highest BCUT2D eigenvalue weighted by atomic mass is 15.1. The zero-order valence-corrected chi connectivity index (χ0v) is 29.3. The van der Waals surface area contributed by atoms with E-state index >= 15 is 0 Å². The molecule has 0 saturated carbocycles. The molecular formula is C44H40N8. The summed E-state index contributed by atoms with van der Waals surface area (Å²) in [6.45, 7) is 5.42. The van der Waals surface area contributed by atoms with Crippen LogP contribution >= 0.6 is 0 Å². The van der Waals surface area contributed by atoms with Gasteiger partial charge in [0.05, 0.1) is 35.8 Å². The molecule has 6 aromatic rings. The maximum absolute atomic E-state index is 5.44. The number of azo groups is 2. The summed E-state index contributed by atoms with van der Waals surface area (Å²) >= 11 is 0. The van der Waals surface area contributed by atoms with E-state index in [0.29, 0.717) is 13.1 Å². The molecule has 0 bridgehead atoms. The Morgan fingerprint density at radius 1 is 0.404 bits per heavy atom. The Labute approximate surface area is 306 Å². The molecular weight excluding hydrogens is 641 g/mol. The van der Waals surface area contributed by atoms with Crippen LogP contribution in [-0.2, 0) is 13.1 Å². The standard InChI is InChI=1S/2C22H20N4/c2*1-18-7-9-20(10-8-18)24-25-21-11-13-22(14-12-21)26(16-15-23)17-19-5-3-2-4-6-19/h2*2-14H,17,23H2,1H3. The van der Waals surface area contributed by atoms with Gasteiger partial charge in [-0.1, -0.05) is 96.1 Å². The summed E-state index contributed by atoms with van der Waals surface area (Å²) in [5, 5.41) is 17.1. The Morgan fingerprint density at radius 3 is 0.981 bits per heavy atom. The minimum absolute atomic E-state index is 0.662. The Bertz CT molecular complexity index is 2000. The fraction of sp³-hybridized carbons (Fsp3) is 0.0909. The molecule has 0 aliphatic rings. The fourth-order valence-corrected chi connectivity index (χ4v) is 4.93. The van der Waals surface area contributed by atoms with Crippen LogP contribution in [0.3, 0.4) is 0 Å². The van der Waals surface area contributed by atoms with Crippen molar-refractivity contribution in [3.05, 3.63) is 180 Å². The monoisotopic (exact) mass is 680 g/mol. The fourth-order valence-electron chi connectivity index (χ4n) is 4.93. The molecule has 0 spiro atoms. The molecule has 0 amide bonds. The normalized spacial score (nSPS) is 10.3. The van der Waals surface area contributed by atoms with Gasteiger partial charge < -0.3 is 11.5 Å². The summed E-state index contributed by atoms with van der Waals surface area (Å²) in [4.78, 5) is 3.83. The van der Waals surface area contributed by atoms with E-state index in [2.05, 4.69) is 68.9 Å². The van der Waals surface area contributed by atoms with Gasteiger partial charge in [0.25, 0.3) is 0 Å². The molecule has 256 valence electrons. The van der Waals surface area contributed by atoms with Gasteiger partial charge in [0.2, 0.25) is 0 Å². The van der Waals surface area contributed by atoms with Crippen molar-refractivity contribution in [1.82, 2.24) is 0 Å². The van der Waals surface area contributed by atoms with Crippen molar-refractivity contribution in [2.45, 2.75) is 26.9 Å². The van der Waals surface area contributed by atoms with Crippen LogP contribution in [-0.4, -0.2) is 0 Å². The van der Waals surface area contributed by atoms with Gasteiger partial charge in [0.1, 0.15) is 0 Å². The predicted molar refractivity (Wildman–Crippen MR) is 213 cm³/mol. The van der Waals surface area contributed by atoms with Gasteiger partial charge in [-0.3, -0.25) is 9.80 Å². The molecule has 8 nitrogen and oxygen atoms in total. The lowest BCUT2D eigenvalue weighted by atomic mass is 10.2. The first kappa shape index (κ1) is 36.1. The van der Waals surface area contributed by atoms with Crippen LogP contribution in [0.4, 0.5) is 34.1 Å². The molecule has 0 aliphatic carbocycles.